The maximum Gasteiger partial charge on any atom is 0.251 e. The summed E-state index contributed by atoms with van der Waals surface area (Å²) in [5, 5.41) is 5.97. The van der Waals surface area contributed by atoms with E-state index in [-0.39, 0.29) is 17.9 Å². The quantitative estimate of drug-likeness (QED) is 0.794. The van der Waals surface area contributed by atoms with Gasteiger partial charge < -0.3 is 20.4 Å². The molecule has 0 spiro atoms. The number of rotatable bonds is 6. The van der Waals surface area contributed by atoms with Crippen molar-refractivity contribution in [1.29, 1.82) is 0 Å². The van der Waals surface area contributed by atoms with E-state index < -0.39 is 0 Å². The average Bonchev–Trinajstić information content (AvgIpc) is 2.74. The van der Waals surface area contributed by atoms with E-state index in [1.54, 1.807) is 6.07 Å². The number of piperidine rings is 1. The number of nitrogens with one attached hydrogen (secondary N) is 2. The van der Waals surface area contributed by atoms with Gasteiger partial charge in [-0.25, -0.2) is 0 Å². The minimum atomic E-state index is -0.115. The number of likely N-dealkylation sites (N-methyl/N-ethyl adjacent to an activating group) is 1. The lowest BCUT2D eigenvalue weighted by molar-refractivity contribution is -0.118. The van der Waals surface area contributed by atoms with Gasteiger partial charge in [-0.15, -0.1) is 0 Å². The number of carbonyl (C=O) groups excluding carboxylic acids is 2. The molecule has 0 saturated carbocycles. The van der Waals surface area contributed by atoms with Gasteiger partial charge in [0, 0.05) is 31.7 Å². The molecular weight excluding hydrogens is 364 g/mol. The molecule has 29 heavy (non-hydrogen) atoms. The van der Waals surface area contributed by atoms with Crippen molar-refractivity contribution >= 4 is 23.2 Å². The maximum atomic E-state index is 12.6. The number of hydrogen-bond donors (Lipinski definition) is 2. The van der Waals surface area contributed by atoms with Crippen molar-refractivity contribution in [2.45, 2.75) is 31.8 Å². The Hall–Kier alpha value is -2.86. The number of fused-ring (bicyclic) bond motifs is 3. The normalized spacial score (nSPS) is 18.1. The Morgan fingerprint density at radius 3 is 2.86 bits per heavy atom. The lowest BCUT2D eigenvalue weighted by atomic mass is 9.97. The van der Waals surface area contributed by atoms with Gasteiger partial charge in [-0.3, -0.25) is 9.59 Å². The van der Waals surface area contributed by atoms with Gasteiger partial charge >= 0.3 is 0 Å². The zero-order chi connectivity index (χ0) is 20.2. The molecule has 6 nitrogen and oxygen atoms in total. The highest BCUT2D eigenvalue weighted by Crippen LogP contribution is 2.36. The van der Waals surface area contributed by atoms with Crippen LogP contribution in [-0.4, -0.2) is 49.4 Å². The first-order chi connectivity index (χ1) is 14.1. The zero-order valence-corrected chi connectivity index (χ0v) is 16.9. The summed E-state index contributed by atoms with van der Waals surface area (Å²) in [6, 6.07) is 15.8. The molecule has 0 unspecified atom stereocenters. The fraction of sp³-hybridized carbons (Fsp3) is 0.391. The third-order valence-corrected chi connectivity index (χ3v) is 5.71. The van der Waals surface area contributed by atoms with Gasteiger partial charge in [0.25, 0.3) is 5.91 Å². The van der Waals surface area contributed by atoms with Gasteiger partial charge in [0.05, 0.1) is 11.4 Å². The first-order valence-corrected chi connectivity index (χ1v) is 10.3. The summed E-state index contributed by atoms with van der Waals surface area (Å²) in [7, 11) is 2.04. The van der Waals surface area contributed by atoms with Crippen molar-refractivity contribution in [3.63, 3.8) is 0 Å². The summed E-state index contributed by atoms with van der Waals surface area (Å²) in [5.41, 5.74) is 3.59. The minimum Gasteiger partial charge on any atom is -0.358 e. The average molecular weight is 393 g/mol. The molecule has 2 amide bonds. The molecule has 1 saturated heterocycles. The first-order valence-electron chi connectivity index (χ1n) is 10.3. The van der Waals surface area contributed by atoms with E-state index in [1.807, 2.05) is 37.4 Å². The highest BCUT2D eigenvalue weighted by atomic mass is 16.2. The topological polar surface area (TPSA) is 64.7 Å². The fourth-order valence-corrected chi connectivity index (χ4v) is 4.17. The molecule has 0 radical (unpaired) electrons. The predicted octanol–water partition coefficient (Wildman–Crippen LogP) is 2.86. The van der Waals surface area contributed by atoms with Crippen molar-refractivity contribution in [1.82, 2.24) is 10.2 Å². The number of amides is 2. The first kappa shape index (κ1) is 19.5. The second kappa shape index (κ2) is 8.66. The molecule has 2 aromatic carbocycles. The third-order valence-electron chi connectivity index (χ3n) is 5.71. The van der Waals surface area contributed by atoms with Crippen LogP contribution in [0.3, 0.4) is 0 Å². The Labute approximate surface area is 171 Å². The van der Waals surface area contributed by atoms with Gasteiger partial charge in [-0.2, -0.15) is 0 Å². The SMILES string of the molecule is CN(CCNC(=O)c1ccc2c(c1)NC(=O)[C@H]1CCCCN21)Cc1ccccc1. The standard InChI is InChI=1S/C23H28N4O2/c1-26(16-17-7-3-2-4-8-17)14-12-24-22(28)18-10-11-20-19(15-18)25-23(29)21-9-5-6-13-27(20)21/h2-4,7-8,10-11,15,21H,5-6,9,12-14,16H2,1H3,(H,24,28)(H,25,29)/t21-/m1/s1. The Morgan fingerprint density at radius 2 is 2.03 bits per heavy atom. The van der Waals surface area contributed by atoms with Crippen LogP contribution >= 0.6 is 0 Å². The van der Waals surface area contributed by atoms with E-state index >= 15 is 0 Å². The predicted molar refractivity (Wildman–Crippen MR) is 115 cm³/mol. The summed E-state index contributed by atoms with van der Waals surface area (Å²) in [5.74, 6) is -0.0757. The number of anilines is 2. The molecule has 4 rings (SSSR count). The molecule has 2 N–H and O–H groups in total. The highest BCUT2D eigenvalue weighted by Gasteiger charge is 2.34. The van der Waals surface area contributed by atoms with E-state index in [4.69, 9.17) is 0 Å². The number of carbonyl (C=O) groups is 2. The fourth-order valence-electron chi connectivity index (χ4n) is 4.17. The highest BCUT2D eigenvalue weighted by molar-refractivity contribution is 6.05. The molecule has 6 heteroatoms. The number of nitrogens with zero attached hydrogens (tertiary/aromatic N) is 2. The maximum absolute atomic E-state index is 12.6. The van der Waals surface area contributed by atoms with E-state index in [0.29, 0.717) is 12.1 Å². The smallest absolute Gasteiger partial charge is 0.251 e. The molecular formula is C23H28N4O2. The van der Waals surface area contributed by atoms with Crippen LogP contribution in [0, 0.1) is 0 Å². The van der Waals surface area contributed by atoms with Gasteiger partial charge in [-0.05, 0) is 50.1 Å². The van der Waals surface area contributed by atoms with E-state index in [0.717, 1.165) is 50.3 Å². The van der Waals surface area contributed by atoms with Crippen LogP contribution in [0.2, 0.25) is 0 Å². The molecule has 152 valence electrons. The molecule has 1 atom stereocenters. The molecule has 1 fully saturated rings. The summed E-state index contributed by atoms with van der Waals surface area (Å²) < 4.78 is 0. The Bertz CT molecular complexity index is 884. The van der Waals surface area contributed by atoms with E-state index in [1.165, 1.54) is 5.56 Å². The van der Waals surface area contributed by atoms with Gasteiger partial charge in [0.2, 0.25) is 5.91 Å². The van der Waals surface area contributed by atoms with Gasteiger partial charge in [0.15, 0.2) is 0 Å². The molecule has 2 heterocycles. The third kappa shape index (κ3) is 4.43. The van der Waals surface area contributed by atoms with Crippen LogP contribution in [0.15, 0.2) is 48.5 Å². The van der Waals surface area contributed by atoms with Crippen molar-refractivity contribution in [2.24, 2.45) is 0 Å². The van der Waals surface area contributed by atoms with Crippen LogP contribution in [0.4, 0.5) is 11.4 Å². The molecule has 0 aliphatic carbocycles. The van der Waals surface area contributed by atoms with Crippen molar-refractivity contribution in [3.05, 3.63) is 59.7 Å². The molecule has 2 aliphatic rings. The molecule has 2 aliphatic heterocycles. The summed E-state index contributed by atoms with van der Waals surface area (Å²) in [6.07, 6.45) is 3.08. The molecule has 0 aromatic heterocycles. The van der Waals surface area contributed by atoms with Crippen LogP contribution < -0.4 is 15.5 Å². The number of hydrogen-bond acceptors (Lipinski definition) is 4. The van der Waals surface area contributed by atoms with Gasteiger partial charge in [-0.1, -0.05) is 30.3 Å². The largest absolute Gasteiger partial charge is 0.358 e. The zero-order valence-electron chi connectivity index (χ0n) is 16.9. The van der Waals surface area contributed by atoms with E-state index in [2.05, 4.69) is 32.6 Å². The van der Waals surface area contributed by atoms with Crippen molar-refractivity contribution in [2.75, 3.05) is 36.9 Å². The van der Waals surface area contributed by atoms with Crippen LogP contribution in [0.1, 0.15) is 35.2 Å². The van der Waals surface area contributed by atoms with Crippen LogP contribution in [0.5, 0.6) is 0 Å². The Morgan fingerprint density at radius 1 is 1.21 bits per heavy atom. The monoisotopic (exact) mass is 392 g/mol. The minimum absolute atomic E-state index is 0.0392. The summed E-state index contributed by atoms with van der Waals surface area (Å²) in [6.45, 7) is 3.07. The Kier molecular flexibility index (Phi) is 5.81. The Balaban J connectivity index is 1.34. The second-order valence-electron chi connectivity index (χ2n) is 7.91. The summed E-state index contributed by atoms with van der Waals surface area (Å²) in [4.78, 5) is 29.3. The number of benzene rings is 2. The van der Waals surface area contributed by atoms with Crippen LogP contribution in [0.25, 0.3) is 0 Å². The lowest BCUT2D eigenvalue weighted by Crippen LogP contribution is -2.50. The molecule has 0 bridgehead atoms. The lowest BCUT2D eigenvalue weighted by Gasteiger charge is -2.41. The summed E-state index contributed by atoms with van der Waals surface area (Å²) >= 11 is 0. The van der Waals surface area contributed by atoms with Crippen LogP contribution in [-0.2, 0) is 11.3 Å². The van der Waals surface area contributed by atoms with E-state index in [9.17, 15) is 9.59 Å². The van der Waals surface area contributed by atoms with Gasteiger partial charge in [0.1, 0.15) is 6.04 Å². The van der Waals surface area contributed by atoms with Crippen molar-refractivity contribution in [3.8, 4) is 0 Å². The molecule has 2 aromatic rings. The van der Waals surface area contributed by atoms with Crippen molar-refractivity contribution < 1.29 is 9.59 Å². The second-order valence-corrected chi connectivity index (χ2v) is 7.91.